The van der Waals surface area contributed by atoms with Gasteiger partial charge in [0.25, 0.3) is 10.0 Å². The number of nitrogens with zero attached hydrogens (tertiary/aromatic N) is 1. The maximum absolute atomic E-state index is 12.0. The number of hydrogen-bond acceptors (Lipinski definition) is 4. The van der Waals surface area contributed by atoms with Gasteiger partial charge in [-0.2, -0.15) is 0 Å². The minimum atomic E-state index is -3.82. The van der Waals surface area contributed by atoms with Gasteiger partial charge in [-0.05, 0) is 36.8 Å². The van der Waals surface area contributed by atoms with Gasteiger partial charge in [0.15, 0.2) is 0 Å². The minimum absolute atomic E-state index is 0.173. The number of aromatic nitrogens is 1. The first-order valence-electron chi connectivity index (χ1n) is 5.22. The Kier molecular flexibility index (Phi) is 3.20. The summed E-state index contributed by atoms with van der Waals surface area (Å²) >= 11 is 0. The predicted octanol–water partition coefficient (Wildman–Crippen LogP) is 1.90. The van der Waals surface area contributed by atoms with Gasteiger partial charge in [0, 0.05) is 6.20 Å². The summed E-state index contributed by atoms with van der Waals surface area (Å²) in [5.74, 6) is -0.0732. The van der Waals surface area contributed by atoms with Crippen LogP contribution in [0.5, 0.6) is 5.75 Å². The molecule has 2 N–H and O–H groups in total. The molecule has 5 nitrogen and oxygen atoms in total. The average molecular weight is 264 g/mol. The van der Waals surface area contributed by atoms with Crippen molar-refractivity contribution in [3.63, 3.8) is 0 Å². The molecule has 1 aromatic heterocycles. The topological polar surface area (TPSA) is 79.3 Å². The van der Waals surface area contributed by atoms with E-state index < -0.39 is 10.0 Å². The van der Waals surface area contributed by atoms with Gasteiger partial charge in [-0.1, -0.05) is 12.1 Å². The molecule has 0 radical (unpaired) electrons. The second-order valence-electron chi connectivity index (χ2n) is 3.79. The minimum Gasteiger partial charge on any atom is -0.507 e. The Balaban J connectivity index is 2.37. The SMILES string of the molecule is Cc1ccnc(NS(=O)(=O)c2ccccc2O)c1. The molecular formula is C12H12N2O3S. The average Bonchev–Trinajstić information content (AvgIpc) is 2.28. The van der Waals surface area contributed by atoms with E-state index in [9.17, 15) is 13.5 Å². The number of hydrogen-bond donors (Lipinski definition) is 2. The molecule has 0 amide bonds. The van der Waals surface area contributed by atoms with Gasteiger partial charge >= 0.3 is 0 Å². The Hall–Kier alpha value is -2.08. The second kappa shape index (κ2) is 4.66. The van der Waals surface area contributed by atoms with E-state index in [-0.39, 0.29) is 16.5 Å². The van der Waals surface area contributed by atoms with Gasteiger partial charge < -0.3 is 5.11 Å². The highest BCUT2D eigenvalue weighted by Crippen LogP contribution is 2.23. The van der Waals surface area contributed by atoms with E-state index in [0.29, 0.717) is 0 Å². The number of sulfonamides is 1. The summed E-state index contributed by atoms with van der Waals surface area (Å²) in [5, 5.41) is 9.54. The van der Waals surface area contributed by atoms with Gasteiger partial charge in [0.1, 0.15) is 16.5 Å². The van der Waals surface area contributed by atoms with Crippen LogP contribution in [0.2, 0.25) is 0 Å². The van der Waals surface area contributed by atoms with Crippen molar-refractivity contribution in [1.82, 2.24) is 4.98 Å². The number of anilines is 1. The highest BCUT2D eigenvalue weighted by molar-refractivity contribution is 7.92. The highest BCUT2D eigenvalue weighted by Gasteiger charge is 2.18. The number of rotatable bonds is 3. The molecular weight excluding hydrogens is 252 g/mol. The zero-order valence-electron chi connectivity index (χ0n) is 9.66. The molecule has 0 spiro atoms. The third kappa shape index (κ3) is 2.60. The van der Waals surface area contributed by atoms with Gasteiger partial charge in [-0.3, -0.25) is 4.72 Å². The number of phenols is 1. The van der Waals surface area contributed by atoms with E-state index in [4.69, 9.17) is 0 Å². The first-order chi connectivity index (χ1) is 8.49. The lowest BCUT2D eigenvalue weighted by Crippen LogP contribution is -2.14. The van der Waals surface area contributed by atoms with Gasteiger partial charge in [-0.25, -0.2) is 13.4 Å². The number of phenolic OH excluding ortho intramolecular Hbond substituents is 1. The van der Waals surface area contributed by atoms with E-state index >= 15 is 0 Å². The molecule has 94 valence electrons. The van der Waals surface area contributed by atoms with Crippen molar-refractivity contribution in [2.24, 2.45) is 0 Å². The van der Waals surface area contributed by atoms with Crippen LogP contribution in [0.4, 0.5) is 5.82 Å². The summed E-state index contributed by atoms with van der Waals surface area (Å²) in [6.45, 7) is 1.83. The molecule has 0 bridgehead atoms. The lowest BCUT2D eigenvalue weighted by atomic mass is 10.3. The van der Waals surface area contributed by atoms with Crippen LogP contribution in [0, 0.1) is 6.92 Å². The molecule has 0 saturated carbocycles. The summed E-state index contributed by atoms with van der Waals surface area (Å²) in [7, 11) is -3.82. The lowest BCUT2D eigenvalue weighted by molar-refractivity contribution is 0.459. The van der Waals surface area contributed by atoms with E-state index in [1.54, 1.807) is 18.2 Å². The molecule has 2 rings (SSSR count). The van der Waals surface area contributed by atoms with Crippen LogP contribution in [0.1, 0.15) is 5.56 Å². The Morgan fingerprint density at radius 1 is 1.22 bits per heavy atom. The van der Waals surface area contributed by atoms with Crippen LogP contribution in [0.3, 0.4) is 0 Å². The van der Waals surface area contributed by atoms with Gasteiger partial charge in [0.2, 0.25) is 0 Å². The zero-order chi connectivity index (χ0) is 13.2. The third-order valence-electron chi connectivity index (χ3n) is 2.31. The molecule has 0 atom stereocenters. The molecule has 2 aromatic rings. The molecule has 0 aliphatic carbocycles. The summed E-state index contributed by atoms with van der Waals surface area (Å²) < 4.78 is 26.4. The van der Waals surface area contributed by atoms with E-state index in [1.807, 2.05) is 6.92 Å². The van der Waals surface area contributed by atoms with E-state index in [0.717, 1.165) is 5.56 Å². The quantitative estimate of drug-likeness (QED) is 0.887. The fourth-order valence-electron chi connectivity index (χ4n) is 1.47. The molecule has 0 aliphatic rings. The molecule has 0 fully saturated rings. The van der Waals surface area contributed by atoms with Crippen LogP contribution in [-0.4, -0.2) is 18.5 Å². The second-order valence-corrected chi connectivity index (χ2v) is 5.44. The standard InChI is InChI=1S/C12H12N2O3S/c1-9-6-7-13-12(8-9)14-18(16,17)11-5-3-2-4-10(11)15/h2-8,15H,1H3,(H,13,14). The molecule has 0 saturated heterocycles. The fourth-order valence-corrected chi connectivity index (χ4v) is 2.57. The molecule has 1 aromatic carbocycles. The number of para-hydroxylation sites is 1. The van der Waals surface area contributed by atoms with Crippen molar-refractivity contribution in [2.75, 3.05) is 4.72 Å². The van der Waals surface area contributed by atoms with Gasteiger partial charge in [0.05, 0.1) is 0 Å². The maximum atomic E-state index is 12.0. The smallest absolute Gasteiger partial charge is 0.266 e. The van der Waals surface area contributed by atoms with Crippen LogP contribution in [0.15, 0.2) is 47.5 Å². The van der Waals surface area contributed by atoms with Crippen LogP contribution in [-0.2, 0) is 10.0 Å². The lowest BCUT2D eigenvalue weighted by Gasteiger charge is -2.08. The molecule has 18 heavy (non-hydrogen) atoms. The Morgan fingerprint density at radius 2 is 1.94 bits per heavy atom. The van der Waals surface area contributed by atoms with Crippen molar-refractivity contribution in [2.45, 2.75) is 11.8 Å². The van der Waals surface area contributed by atoms with Crippen molar-refractivity contribution in [3.8, 4) is 5.75 Å². The molecule has 0 aliphatic heterocycles. The summed E-state index contributed by atoms with van der Waals surface area (Å²) in [4.78, 5) is 3.74. The Bertz CT molecular complexity index is 669. The normalized spacial score (nSPS) is 11.2. The van der Waals surface area contributed by atoms with E-state index in [2.05, 4.69) is 9.71 Å². The fraction of sp³-hybridized carbons (Fsp3) is 0.0833. The molecule has 6 heteroatoms. The number of benzene rings is 1. The van der Waals surface area contributed by atoms with Crippen molar-refractivity contribution < 1.29 is 13.5 Å². The van der Waals surface area contributed by atoms with Gasteiger partial charge in [-0.15, -0.1) is 0 Å². The number of nitrogens with one attached hydrogen (secondary N) is 1. The van der Waals surface area contributed by atoms with Crippen LogP contribution >= 0.6 is 0 Å². The first-order valence-corrected chi connectivity index (χ1v) is 6.71. The zero-order valence-corrected chi connectivity index (χ0v) is 10.5. The Morgan fingerprint density at radius 3 is 2.61 bits per heavy atom. The van der Waals surface area contributed by atoms with Crippen molar-refractivity contribution >= 4 is 15.8 Å². The van der Waals surface area contributed by atoms with Crippen LogP contribution < -0.4 is 4.72 Å². The number of aryl methyl sites for hydroxylation is 1. The number of aromatic hydroxyl groups is 1. The summed E-state index contributed by atoms with van der Waals surface area (Å²) in [5.41, 5.74) is 0.889. The Labute approximate surface area is 105 Å². The maximum Gasteiger partial charge on any atom is 0.266 e. The number of pyridine rings is 1. The molecule has 1 heterocycles. The largest absolute Gasteiger partial charge is 0.507 e. The third-order valence-corrected chi connectivity index (χ3v) is 3.71. The van der Waals surface area contributed by atoms with Crippen molar-refractivity contribution in [1.29, 1.82) is 0 Å². The van der Waals surface area contributed by atoms with Crippen molar-refractivity contribution in [3.05, 3.63) is 48.2 Å². The predicted molar refractivity (Wildman–Crippen MR) is 67.9 cm³/mol. The summed E-state index contributed by atoms with van der Waals surface area (Å²) in [6.07, 6.45) is 1.51. The monoisotopic (exact) mass is 264 g/mol. The van der Waals surface area contributed by atoms with E-state index in [1.165, 1.54) is 24.4 Å². The molecule has 0 unspecified atom stereocenters. The first kappa shape index (κ1) is 12.4. The highest BCUT2D eigenvalue weighted by atomic mass is 32.2. The summed E-state index contributed by atoms with van der Waals surface area (Å²) in [6, 6.07) is 9.11. The van der Waals surface area contributed by atoms with Crippen LogP contribution in [0.25, 0.3) is 0 Å².